The summed E-state index contributed by atoms with van der Waals surface area (Å²) in [5.41, 5.74) is 11.5. The Balaban J connectivity index is 2.58. The van der Waals surface area contributed by atoms with Gasteiger partial charge in [0, 0.05) is 12.6 Å². The summed E-state index contributed by atoms with van der Waals surface area (Å²) in [4.78, 5) is 3.87. The van der Waals surface area contributed by atoms with Gasteiger partial charge in [-0.1, -0.05) is 6.07 Å². The third-order valence-corrected chi connectivity index (χ3v) is 1.85. The minimum absolute atomic E-state index is 0.302. The van der Waals surface area contributed by atoms with E-state index in [4.69, 9.17) is 11.5 Å². The van der Waals surface area contributed by atoms with Crippen LogP contribution in [-0.2, 0) is 6.42 Å². The van der Waals surface area contributed by atoms with E-state index in [2.05, 4.69) is 4.98 Å². The van der Waals surface area contributed by atoms with Crippen molar-refractivity contribution < 1.29 is 4.39 Å². The maximum absolute atomic E-state index is 13.1. The molecule has 0 spiro atoms. The normalized spacial score (nSPS) is 12.8. The van der Waals surface area contributed by atoms with Gasteiger partial charge in [-0.2, -0.15) is 0 Å². The van der Waals surface area contributed by atoms with E-state index in [0.29, 0.717) is 25.2 Å². The lowest BCUT2D eigenvalue weighted by molar-refractivity contribution is 0.317. The smallest absolute Gasteiger partial charge is 0.126 e. The summed E-state index contributed by atoms with van der Waals surface area (Å²) < 4.78 is 13.1. The summed E-state index contributed by atoms with van der Waals surface area (Å²) in [6.07, 6.45) is 1.34. The zero-order valence-corrected chi connectivity index (χ0v) is 7.41. The maximum Gasteiger partial charge on any atom is 0.126 e. The second kappa shape index (κ2) is 4.77. The van der Waals surface area contributed by atoms with Crippen molar-refractivity contribution in [3.63, 3.8) is 0 Å². The molecule has 4 heteroatoms. The number of halogens is 1. The van der Waals surface area contributed by atoms with Gasteiger partial charge in [-0.25, -0.2) is 9.37 Å². The van der Waals surface area contributed by atoms with Crippen molar-refractivity contribution in [3.8, 4) is 0 Å². The minimum Gasteiger partial charge on any atom is -0.383 e. The summed E-state index contributed by atoms with van der Waals surface area (Å²) in [6.45, 7) is 0.362. The molecule has 13 heavy (non-hydrogen) atoms. The molecule has 1 heterocycles. The molecule has 0 bridgehead atoms. The second-order valence-electron chi connectivity index (χ2n) is 2.93. The standard InChI is InChI=1S/C9H14FN3/c10-8(3-4-11)6-7-2-1-5-13-9(7)12/h1-2,5,8H,3-4,6,11H2,(H2,12,13). The Bertz CT molecular complexity index is 265. The molecule has 1 atom stereocenters. The highest BCUT2D eigenvalue weighted by Crippen LogP contribution is 2.12. The first-order valence-electron chi connectivity index (χ1n) is 4.27. The Hall–Kier alpha value is -1.16. The summed E-state index contributed by atoms with van der Waals surface area (Å²) in [7, 11) is 0. The average molecular weight is 183 g/mol. The number of nitrogen functional groups attached to an aromatic ring is 1. The fourth-order valence-corrected chi connectivity index (χ4v) is 1.14. The lowest BCUT2D eigenvalue weighted by atomic mass is 10.1. The van der Waals surface area contributed by atoms with Crippen molar-refractivity contribution in [2.75, 3.05) is 12.3 Å². The van der Waals surface area contributed by atoms with E-state index in [9.17, 15) is 4.39 Å². The third kappa shape index (κ3) is 2.99. The first kappa shape index (κ1) is 9.92. The predicted molar refractivity (Wildman–Crippen MR) is 50.9 cm³/mol. The molecule has 72 valence electrons. The zero-order valence-electron chi connectivity index (χ0n) is 7.41. The van der Waals surface area contributed by atoms with Gasteiger partial charge in [0.05, 0.1) is 0 Å². The number of hydrogen-bond donors (Lipinski definition) is 2. The average Bonchev–Trinajstić information content (AvgIpc) is 2.09. The molecule has 0 aliphatic heterocycles. The van der Waals surface area contributed by atoms with Crippen LogP contribution in [-0.4, -0.2) is 17.7 Å². The predicted octanol–water partition coefficient (Wildman–Crippen LogP) is 0.893. The molecule has 1 aromatic rings. The van der Waals surface area contributed by atoms with Crippen LogP contribution in [0.5, 0.6) is 0 Å². The first-order chi connectivity index (χ1) is 6.24. The van der Waals surface area contributed by atoms with Crippen molar-refractivity contribution in [1.82, 2.24) is 4.98 Å². The number of alkyl halides is 1. The monoisotopic (exact) mass is 183 g/mol. The molecule has 0 saturated carbocycles. The summed E-state index contributed by atoms with van der Waals surface area (Å²) >= 11 is 0. The molecule has 0 radical (unpaired) electrons. The molecule has 0 aliphatic rings. The van der Waals surface area contributed by atoms with Gasteiger partial charge in [0.1, 0.15) is 12.0 Å². The maximum atomic E-state index is 13.1. The van der Waals surface area contributed by atoms with E-state index in [1.165, 1.54) is 0 Å². The lowest BCUT2D eigenvalue weighted by Crippen LogP contribution is -2.13. The number of rotatable bonds is 4. The van der Waals surface area contributed by atoms with Crippen LogP contribution in [0.3, 0.4) is 0 Å². The Labute approximate surface area is 77.0 Å². The van der Waals surface area contributed by atoms with Gasteiger partial charge in [0.15, 0.2) is 0 Å². The van der Waals surface area contributed by atoms with Gasteiger partial charge in [-0.05, 0) is 24.6 Å². The Kier molecular flexibility index (Phi) is 3.64. The van der Waals surface area contributed by atoms with E-state index in [-0.39, 0.29) is 0 Å². The van der Waals surface area contributed by atoms with Crippen LogP contribution in [0.1, 0.15) is 12.0 Å². The molecule has 1 rings (SSSR count). The highest BCUT2D eigenvalue weighted by Gasteiger charge is 2.08. The van der Waals surface area contributed by atoms with Crippen LogP contribution in [0, 0.1) is 0 Å². The van der Waals surface area contributed by atoms with Crippen molar-refractivity contribution >= 4 is 5.82 Å². The van der Waals surface area contributed by atoms with Gasteiger partial charge < -0.3 is 11.5 Å². The number of nitrogens with zero attached hydrogens (tertiary/aromatic N) is 1. The Morgan fingerprint density at radius 1 is 1.54 bits per heavy atom. The molecule has 0 amide bonds. The highest BCUT2D eigenvalue weighted by molar-refractivity contribution is 5.38. The van der Waals surface area contributed by atoms with Crippen LogP contribution in [0.25, 0.3) is 0 Å². The Morgan fingerprint density at radius 2 is 2.31 bits per heavy atom. The van der Waals surface area contributed by atoms with E-state index >= 15 is 0 Å². The van der Waals surface area contributed by atoms with Crippen LogP contribution >= 0.6 is 0 Å². The van der Waals surface area contributed by atoms with Crippen LogP contribution in [0.2, 0.25) is 0 Å². The summed E-state index contributed by atoms with van der Waals surface area (Å²) in [6, 6.07) is 3.53. The van der Waals surface area contributed by atoms with Crippen molar-refractivity contribution in [1.29, 1.82) is 0 Å². The summed E-state index contributed by atoms with van der Waals surface area (Å²) in [5.74, 6) is 0.405. The molecule has 0 saturated heterocycles. The number of nitrogens with two attached hydrogens (primary N) is 2. The molecular weight excluding hydrogens is 169 g/mol. The number of hydrogen-bond acceptors (Lipinski definition) is 3. The topological polar surface area (TPSA) is 64.9 Å². The van der Waals surface area contributed by atoms with E-state index < -0.39 is 6.17 Å². The zero-order chi connectivity index (χ0) is 9.68. The van der Waals surface area contributed by atoms with E-state index in [1.807, 2.05) is 0 Å². The molecule has 1 aromatic heterocycles. The van der Waals surface area contributed by atoms with Gasteiger partial charge >= 0.3 is 0 Å². The molecule has 1 unspecified atom stereocenters. The van der Waals surface area contributed by atoms with Gasteiger partial charge in [-0.3, -0.25) is 0 Å². The molecule has 0 aromatic carbocycles. The Morgan fingerprint density at radius 3 is 2.92 bits per heavy atom. The number of anilines is 1. The number of pyridine rings is 1. The van der Waals surface area contributed by atoms with Crippen molar-refractivity contribution in [2.45, 2.75) is 19.0 Å². The summed E-state index contributed by atoms with van der Waals surface area (Å²) in [5, 5.41) is 0. The minimum atomic E-state index is -0.920. The molecule has 0 fully saturated rings. The third-order valence-electron chi connectivity index (χ3n) is 1.85. The second-order valence-corrected chi connectivity index (χ2v) is 2.93. The van der Waals surface area contributed by atoms with Crippen LogP contribution in [0.15, 0.2) is 18.3 Å². The van der Waals surface area contributed by atoms with Crippen LogP contribution < -0.4 is 11.5 Å². The van der Waals surface area contributed by atoms with Gasteiger partial charge in [-0.15, -0.1) is 0 Å². The largest absolute Gasteiger partial charge is 0.383 e. The van der Waals surface area contributed by atoms with Gasteiger partial charge in [0.2, 0.25) is 0 Å². The fourth-order valence-electron chi connectivity index (χ4n) is 1.14. The van der Waals surface area contributed by atoms with Crippen LogP contribution in [0.4, 0.5) is 10.2 Å². The molecule has 4 N–H and O–H groups in total. The van der Waals surface area contributed by atoms with E-state index in [0.717, 1.165) is 5.56 Å². The quantitative estimate of drug-likeness (QED) is 0.728. The highest BCUT2D eigenvalue weighted by atomic mass is 19.1. The SMILES string of the molecule is NCCC(F)Cc1cccnc1N. The number of aromatic nitrogens is 1. The van der Waals surface area contributed by atoms with Crippen molar-refractivity contribution in [3.05, 3.63) is 23.9 Å². The van der Waals surface area contributed by atoms with Crippen molar-refractivity contribution in [2.24, 2.45) is 5.73 Å². The molecular formula is C9H14FN3. The first-order valence-corrected chi connectivity index (χ1v) is 4.27. The molecule has 0 aliphatic carbocycles. The van der Waals surface area contributed by atoms with E-state index in [1.54, 1.807) is 18.3 Å². The lowest BCUT2D eigenvalue weighted by Gasteiger charge is -2.07. The van der Waals surface area contributed by atoms with Gasteiger partial charge in [0.25, 0.3) is 0 Å². The molecule has 3 nitrogen and oxygen atoms in total. The fraction of sp³-hybridized carbons (Fsp3) is 0.444.